The monoisotopic (exact) mass is 316 g/mol. The minimum absolute atomic E-state index is 0.127. The molecule has 0 aliphatic carbocycles. The van der Waals surface area contributed by atoms with Crippen molar-refractivity contribution in [1.82, 2.24) is 10.3 Å². The molecule has 0 spiro atoms. The maximum Gasteiger partial charge on any atom is 0.142 e. The summed E-state index contributed by atoms with van der Waals surface area (Å²) in [6.45, 7) is 2.82. The number of hydrogen-bond acceptors (Lipinski definition) is 4. The van der Waals surface area contributed by atoms with E-state index in [1.807, 2.05) is 25.1 Å². The quantitative estimate of drug-likeness (QED) is 0.899. The van der Waals surface area contributed by atoms with Gasteiger partial charge in [0.1, 0.15) is 11.4 Å². The summed E-state index contributed by atoms with van der Waals surface area (Å²) in [6, 6.07) is 5.47. The Bertz CT molecular complexity index is 559. The van der Waals surface area contributed by atoms with E-state index >= 15 is 0 Å². The minimum Gasteiger partial charge on any atom is -0.495 e. The van der Waals surface area contributed by atoms with E-state index in [9.17, 15) is 0 Å². The second-order valence-electron chi connectivity index (χ2n) is 3.86. The molecule has 2 aromatic rings. The lowest BCUT2D eigenvalue weighted by atomic mass is 10.1. The molecule has 2 heterocycles. The zero-order chi connectivity index (χ0) is 13.8. The second kappa shape index (κ2) is 6.57. The van der Waals surface area contributed by atoms with Crippen molar-refractivity contribution >= 4 is 34.5 Å². The highest BCUT2D eigenvalue weighted by atomic mass is 35.5. The van der Waals surface area contributed by atoms with Gasteiger partial charge >= 0.3 is 0 Å². The smallest absolute Gasteiger partial charge is 0.142 e. The van der Waals surface area contributed by atoms with Gasteiger partial charge in [0.15, 0.2) is 0 Å². The van der Waals surface area contributed by atoms with E-state index in [1.54, 1.807) is 13.3 Å². The molecule has 0 aromatic carbocycles. The second-order valence-corrected chi connectivity index (χ2v) is 6.15. The Kier molecular flexibility index (Phi) is 5.05. The van der Waals surface area contributed by atoms with Crippen molar-refractivity contribution in [3.05, 3.63) is 44.3 Å². The summed E-state index contributed by atoms with van der Waals surface area (Å²) in [4.78, 5) is 4.41. The van der Waals surface area contributed by atoms with Crippen molar-refractivity contribution in [2.45, 2.75) is 13.0 Å². The zero-order valence-corrected chi connectivity index (χ0v) is 12.9. The Morgan fingerprint density at radius 1 is 1.47 bits per heavy atom. The number of hydrogen-bond donors (Lipinski definition) is 1. The van der Waals surface area contributed by atoms with Gasteiger partial charge in [0.25, 0.3) is 0 Å². The molecule has 2 aromatic heterocycles. The van der Waals surface area contributed by atoms with Crippen molar-refractivity contribution in [3.8, 4) is 5.75 Å². The molecule has 1 atom stereocenters. The van der Waals surface area contributed by atoms with Crippen molar-refractivity contribution < 1.29 is 4.74 Å². The average Bonchev–Trinajstić information content (AvgIpc) is 2.75. The zero-order valence-electron chi connectivity index (χ0n) is 10.6. The molecule has 0 bridgehead atoms. The predicted molar refractivity (Wildman–Crippen MR) is 80.6 cm³/mol. The molecule has 1 unspecified atom stereocenters. The van der Waals surface area contributed by atoms with Crippen LogP contribution in [0.1, 0.15) is 24.2 Å². The van der Waals surface area contributed by atoms with Gasteiger partial charge in [-0.2, -0.15) is 0 Å². The molecule has 0 fully saturated rings. The number of nitrogens with zero attached hydrogens (tertiary/aromatic N) is 1. The molecule has 1 N–H and O–H groups in total. The third kappa shape index (κ3) is 3.20. The van der Waals surface area contributed by atoms with Crippen LogP contribution in [0.15, 0.2) is 24.4 Å². The van der Waals surface area contributed by atoms with Gasteiger partial charge < -0.3 is 10.1 Å². The summed E-state index contributed by atoms with van der Waals surface area (Å²) in [6.07, 6.45) is 1.74. The minimum atomic E-state index is -0.127. The molecule has 0 radical (unpaired) electrons. The maximum absolute atomic E-state index is 6.25. The number of thiophene rings is 1. The van der Waals surface area contributed by atoms with Crippen LogP contribution in [0.5, 0.6) is 5.75 Å². The van der Waals surface area contributed by atoms with Crippen LogP contribution in [0.25, 0.3) is 0 Å². The van der Waals surface area contributed by atoms with Gasteiger partial charge in [0.05, 0.1) is 21.8 Å². The van der Waals surface area contributed by atoms with Crippen LogP contribution < -0.4 is 10.1 Å². The van der Waals surface area contributed by atoms with Crippen LogP contribution in [-0.4, -0.2) is 18.6 Å². The molecule has 0 saturated heterocycles. The first-order chi connectivity index (χ1) is 9.17. The number of aromatic nitrogens is 1. The highest BCUT2D eigenvalue weighted by Gasteiger charge is 2.22. The van der Waals surface area contributed by atoms with Crippen LogP contribution in [0.2, 0.25) is 8.67 Å². The summed E-state index contributed by atoms with van der Waals surface area (Å²) in [7, 11) is 1.63. The van der Waals surface area contributed by atoms with E-state index in [2.05, 4.69) is 10.3 Å². The third-order valence-corrected chi connectivity index (χ3v) is 4.21. The fourth-order valence-corrected chi connectivity index (χ4v) is 3.43. The molecule has 0 aliphatic heterocycles. The summed E-state index contributed by atoms with van der Waals surface area (Å²) in [5, 5.41) is 3.37. The lowest BCUT2D eigenvalue weighted by Gasteiger charge is -2.19. The maximum atomic E-state index is 6.25. The molecular weight excluding hydrogens is 303 g/mol. The number of ether oxygens (including phenoxy) is 1. The SMILES string of the molecule is CCNC(c1cc(Cl)sc1Cl)c1ncccc1OC. The van der Waals surface area contributed by atoms with Crippen molar-refractivity contribution in [2.75, 3.05) is 13.7 Å². The van der Waals surface area contributed by atoms with Crippen LogP contribution in [0, 0.1) is 0 Å². The van der Waals surface area contributed by atoms with Gasteiger partial charge in [0.2, 0.25) is 0 Å². The highest BCUT2D eigenvalue weighted by molar-refractivity contribution is 7.20. The Morgan fingerprint density at radius 3 is 2.84 bits per heavy atom. The average molecular weight is 317 g/mol. The van der Waals surface area contributed by atoms with Gasteiger partial charge in [0, 0.05) is 11.8 Å². The fraction of sp³-hybridized carbons (Fsp3) is 0.308. The topological polar surface area (TPSA) is 34.2 Å². The van der Waals surface area contributed by atoms with E-state index in [0.29, 0.717) is 8.67 Å². The van der Waals surface area contributed by atoms with E-state index in [1.165, 1.54) is 11.3 Å². The van der Waals surface area contributed by atoms with Gasteiger partial charge in [-0.05, 0) is 24.7 Å². The molecule has 0 amide bonds. The first-order valence-corrected chi connectivity index (χ1v) is 7.41. The third-order valence-electron chi connectivity index (χ3n) is 2.70. The van der Waals surface area contributed by atoms with Gasteiger partial charge in [-0.3, -0.25) is 4.98 Å². The van der Waals surface area contributed by atoms with Crippen LogP contribution >= 0.6 is 34.5 Å². The molecule has 0 aliphatic rings. The lowest BCUT2D eigenvalue weighted by Crippen LogP contribution is -2.23. The number of pyridine rings is 1. The van der Waals surface area contributed by atoms with E-state index < -0.39 is 0 Å². The standard InChI is InChI=1S/C13H14Cl2N2OS/c1-3-16-11(8-7-10(14)19-13(8)15)12-9(18-2)5-4-6-17-12/h4-7,11,16H,3H2,1-2H3. The summed E-state index contributed by atoms with van der Waals surface area (Å²) >= 11 is 13.6. The largest absolute Gasteiger partial charge is 0.495 e. The molecule has 102 valence electrons. The number of nitrogens with one attached hydrogen (secondary N) is 1. The summed E-state index contributed by atoms with van der Waals surface area (Å²) < 4.78 is 6.70. The number of methoxy groups -OCH3 is 1. The number of halogens is 2. The first kappa shape index (κ1) is 14.6. The Morgan fingerprint density at radius 2 is 2.26 bits per heavy atom. The number of rotatable bonds is 5. The summed E-state index contributed by atoms with van der Waals surface area (Å²) in [5.74, 6) is 0.729. The Balaban J connectivity index is 2.48. The van der Waals surface area contributed by atoms with E-state index in [0.717, 1.165) is 23.6 Å². The molecule has 2 rings (SSSR count). The van der Waals surface area contributed by atoms with Crippen molar-refractivity contribution in [1.29, 1.82) is 0 Å². The Hall–Kier alpha value is -0.810. The predicted octanol–water partition coefficient (Wildman–Crippen LogP) is 4.16. The van der Waals surface area contributed by atoms with Gasteiger partial charge in [-0.25, -0.2) is 0 Å². The molecular formula is C13H14Cl2N2OS. The Labute approximate surface area is 126 Å². The molecule has 6 heteroatoms. The van der Waals surface area contributed by atoms with Crippen LogP contribution in [0.4, 0.5) is 0 Å². The van der Waals surface area contributed by atoms with Crippen LogP contribution in [-0.2, 0) is 0 Å². The summed E-state index contributed by atoms with van der Waals surface area (Å²) in [5.41, 5.74) is 1.73. The lowest BCUT2D eigenvalue weighted by molar-refractivity contribution is 0.400. The normalized spacial score (nSPS) is 12.4. The highest BCUT2D eigenvalue weighted by Crippen LogP contribution is 2.38. The first-order valence-electron chi connectivity index (χ1n) is 5.84. The van der Waals surface area contributed by atoms with Crippen molar-refractivity contribution in [2.24, 2.45) is 0 Å². The van der Waals surface area contributed by atoms with Crippen LogP contribution in [0.3, 0.4) is 0 Å². The van der Waals surface area contributed by atoms with Gasteiger partial charge in [-0.1, -0.05) is 30.1 Å². The molecule has 19 heavy (non-hydrogen) atoms. The van der Waals surface area contributed by atoms with E-state index in [-0.39, 0.29) is 6.04 Å². The van der Waals surface area contributed by atoms with Gasteiger partial charge in [-0.15, -0.1) is 11.3 Å². The molecule has 3 nitrogen and oxygen atoms in total. The van der Waals surface area contributed by atoms with Crippen molar-refractivity contribution in [3.63, 3.8) is 0 Å². The van der Waals surface area contributed by atoms with E-state index in [4.69, 9.17) is 27.9 Å². The molecule has 0 saturated carbocycles. The fourth-order valence-electron chi connectivity index (χ4n) is 1.90.